The molecule has 1 saturated carbocycles. The molecule has 0 bridgehead atoms. The summed E-state index contributed by atoms with van der Waals surface area (Å²) >= 11 is 1.16. The average molecular weight is 393 g/mol. The fraction of sp³-hybridized carbons (Fsp3) is 0.550. The van der Waals surface area contributed by atoms with E-state index in [1.165, 1.54) is 6.42 Å². The minimum Gasteiger partial charge on any atom is -0.455 e. The summed E-state index contributed by atoms with van der Waals surface area (Å²) in [5, 5.41) is 5.72. The Balaban J connectivity index is 1.58. The normalized spacial score (nSPS) is 19.2. The van der Waals surface area contributed by atoms with E-state index >= 15 is 0 Å². The Hall–Kier alpha value is -2.02. The van der Waals surface area contributed by atoms with Gasteiger partial charge in [0, 0.05) is 11.7 Å². The van der Waals surface area contributed by atoms with Crippen molar-refractivity contribution in [3.05, 3.63) is 29.8 Å². The molecule has 27 heavy (non-hydrogen) atoms. The number of benzene rings is 1. The molecular weight excluding hydrogens is 364 g/mol. The third kappa shape index (κ3) is 8.03. The van der Waals surface area contributed by atoms with Crippen molar-refractivity contribution in [1.29, 1.82) is 0 Å². The number of nitrogens with one attached hydrogen (secondary N) is 2. The van der Waals surface area contributed by atoms with Crippen molar-refractivity contribution < 1.29 is 19.1 Å². The summed E-state index contributed by atoms with van der Waals surface area (Å²) in [6, 6.07) is 7.68. The van der Waals surface area contributed by atoms with Crippen molar-refractivity contribution in [1.82, 2.24) is 5.32 Å². The molecule has 1 aromatic rings. The van der Waals surface area contributed by atoms with Crippen molar-refractivity contribution in [2.45, 2.75) is 45.6 Å². The maximum atomic E-state index is 11.9. The number of aryl methyl sites for hydroxylation is 1. The number of esters is 1. The lowest BCUT2D eigenvalue weighted by atomic mass is 9.86. The van der Waals surface area contributed by atoms with E-state index in [0.29, 0.717) is 5.92 Å². The Labute approximate surface area is 164 Å². The molecule has 2 atom stereocenters. The molecule has 0 spiro atoms. The van der Waals surface area contributed by atoms with Crippen LogP contribution in [0, 0.1) is 12.8 Å². The molecule has 0 unspecified atom stereocenters. The van der Waals surface area contributed by atoms with E-state index in [1.807, 2.05) is 31.2 Å². The second-order valence-corrected chi connectivity index (χ2v) is 7.99. The topological polar surface area (TPSA) is 84.5 Å². The van der Waals surface area contributed by atoms with Gasteiger partial charge in [-0.2, -0.15) is 0 Å². The molecule has 1 aliphatic carbocycles. The van der Waals surface area contributed by atoms with Crippen LogP contribution in [-0.2, 0) is 19.1 Å². The third-order valence-electron chi connectivity index (χ3n) is 4.58. The number of amides is 2. The molecule has 0 heterocycles. The molecule has 6 nitrogen and oxygen atoms in total. The van der Waals surface area contributed by atoms with E-state index < -0.39 is 5.97 Å². The van der Waals surface area contributed by atoms with E-state index in [0.717, 1.165) is 42.3 Å². The first-order valence-corrected chi connectivity index (χ1v) is 10.5. The van der Waals surface area contributed by atoms with E-state index in [4.69, 9.17) is 4.74 Å². The summed E-state index contributed by atoms with van der Waals surface area (Å²) < 4.78 is 4.99. The fourth-order valence-corrected chi connectivity index (χ4v) is 3.72. The molecule has 0 aliphatic heterocycles. The number of ether oxygens (including phenoxy) is 1. The fourth-order valence-electron chi connectivity index (χ4n) is 3.11. The van der Waals surface area contributed by atoms with Gasteiger partial charge in [-0.15, -0.1) is 11.8 Å². The maximum absolute atomic E-state index is 11.9. The summed E-state index contributed by atoms with van der Waals surface area (Å²) in [7, 11) is 0. The molecule has 1 fully saturated rings. The van der Waals surface area contributed by atoms with Gasteiger partial charge in [-0.25, -0.2) is 0 Å². The van der Waals surface area contributed by atoms with Crippen LogP contribution >= 0.6 is 11.8 Å². The lowest BCUT2D eigenvalue weighted by Crippen LogP contribution is -2.43. The molecule has 1 aliphatic rings. The van der Waals surface area contributed by atoms with E-state index in [1.54, 1.807) is 0 Å². The first kappa shape index (κ1) is 21.3. The van der Waals surface area contributed by atoms with Crippen LogP contribution < -0.4 is 10.6 Å². The van der Waals surface area contributed by atoms with Crippen molar-refractivity contribution in [2.24, 2.45) is 5.92 Å². The molecule has 7 heteroatoms. The van der Waals surface area contributed by atoms with Gasteiger partial charge in [-0.3, -0.25) is 14.4 Å². The highest BCUT2D eigenvalue weighted by molar-refractivity contribution is 8.00. The second-order valence-electron chi connectivity index (χ2n) is 7.01. The Bertz CT molecular complexity index is 665. The molecule has 1 aromatic carbocycles. The van der Waals surface area contributed by atoms with Crippen LogP contribution in [-0.4, -0.2) is 41.9 Å². The Morgan fingerprint density at radius 2 is 1.93 bits per heavy atom. The summed E-state index contributed by atoms with van der Waals surface area (Å²) in [4.78, 5) is 35.5. The van der Waals surface area contributed by atoms with Crippen LogP contribution in [0.4, 0.5) is 5.69 Å². The highest BCUT2D eigenvalue weighted by Gasteiger charge is 2.23. The number of hydrogen-bond donors (Lipinski definition) is 2. The first-order valence-electron chi connectivity index (χ1n) is 9.33. The monoisotopic (exact) mass is 392 g/mol. The third-order valence-corrected chi connectivity index (χ3v) is 5.48. The van der Waals surface area contributed by atoms with Gasteiger partial charge in [0.05, 0.1) is 11.5 Å². The largest absolute Gasteiger partial charge is 0.455 e. The minimum atomic E-state index is -0.491. The molecular formula is C20H28N2O4S. The zero-order valence-corrected chi connectivity index (χ0v) is 16.8. The van der Waals surface area contributed by atoms with Crippen LogP contribution in [0.3, 0.4) is 0 Å². The molecule has 0 radical (unpaired) electrons. The number of carbonyl (C=O) groups is 3. The lowest BCUT2D eigenvalue weighted by molar-refractivity contribution is -0.146. The van der Waals surface area contributed by atoms with Crippen molar-refractivity contribution in [3.8, 4) is 0 Å². The predicted molar refractivity (Wildman–Crippen MR) is 108 cm³/mol. The number of hydrogen-bond acceptors (Lipinski definition) is 5. The van der Waals surface area contributed by atoms with Crippen LogP contribution in [0.25, 0.3) is 0 Å². The Kier molecular flexibility index (Phi) is 8.64. The zero-order chi connectivity index (χ0) is 19.6. The number of anilines is 1. The van der Waals surface area contributed by atoms with Crippen LogP contribution in [0.5, 0.6) is 0 Å². The Morgan fingerprint density at radius 1 is 1.15 bits per heavy atom. The predicted octanol–water partition coefficient (Wildman–Crippen LogP) is 2.90. The first-order chi connectivity index (χ1) is 12.9. The quantitative estimate of drug-likeness (QED) is 0.665. The van der Waals surface area contributed by atoms with Gasteiger partial charge in [0.15, 0.2) is 6.61 Å². The zero-order valence-electron chi connectivity index (χ0n) is 16.0. The van der Waals surface area contributed by atoms with Crippen molar-refractivity contribution in [2.75, 3.05) is 23.4 Å². The van der Waals surface area contributed by atoms with E-state index in [-0.39, 0.29) is 36.0 Å². The molecule has 2 amide bonds. The summed E-state index contributed by atoms with van der Waals surface area (Å²) in [5.41, 5.74) is 1.79. The molecule has 2 N–H and O–H groups in total. The van der Waals surface area contributed by atoms with E-state index in [2.05, 4.69) is 17.6 Å². The van der Waals surface area contributed by atoms with Gasteiger partial charge in [0.1, 0.15) is 0 Å². The maximum Gasteiger partial charge on any atom is 0.316 e. The highest BCUT2D eigenvalue weighted by atomic mass is 32.2. The van der Waals surface area contributed by atoms with Gasteiger partial charge in [-0.05, 0) is 43.4 Å². The number of rotatable bonds is 8. The van der Waals surface area contributed by atoms with Crippen LogP contribution in [0.2, 0.25) is 0 Å². The number of carbonyl (C=O) groups excluding carboxylic acids is 3. The molecule has 2 rings (SSSR count). The summed E-state index contributed by atoms with van der Waals surface area (Å²) in [6.45, 7) is 3.82. The number of thioether (sulfide) groups is 1. The SMILES string of the molecule is Cc1cccc(NC(=O)CSCC(=O)OCC(=O)N[C@H]2CCCC[C@@H]2C)c1. The van der Waals surface area contributed by atoms with E-state index in [9.17, 15) is 14.4 Å². The summed E-state index contributed by atoms with van der Waals surface area (Å²) in [5.74, 6) is -0.286. The molecule has 0 aromatic heterocycles. The van der Waals surface area contributed by atoms with Crippen LogP contribution in [0.15, 0.2) is 24.3 Å². The van der Waals surface area contributed by atoms with Crippen LogP contribution in [0.1, 0.15) is 38.2 Å². The molecule has 0 saturated heterocycles. The standard InChI is InChI=1S/C20H28N2O4S/c1-14-6-5-8-16(10-14)21-19(24)12-27-13-20(25)26-11-18(23)22-17-9-4-3-7-15(17)2/h5-6,8,10,15,17H,3-4,7,9,11-13H2,1-2H3,(H,21,24)(H,22,23)/t15-,17-/m0/s1. The lowest BCUT2D eigenvalue weighted by Gasteiger charge is -2.29. The average Bonchev–Trinajstić information content (AvgIpc) is 2.62. The van der Waals surface area contributed by atoms with Gasteiger partial charge in [0.25, 0.3) is 5.91 Å². The molecule has 148 valence electrons. The Morgan fingerprint density at radius 3 is 2.67 bits per heavy atom. The van der Waals surface area contributed by atoms with Gasteiger partial charge < -0.3 is 15.4 Å². The highest BCUT2D eigenvalue weighted by Crippen LogP contribution is 2.23. The van der Waals surface area contributed by atoms with Crippen molar-refractivity contribution in [3.63, 3.8) is 0 Å². The second kappa shape index (κ2) is 11.0. The van der Waals surface area contributed by atoms with Gasteiger partial charge >= 0.3 is 5.97 Å². The van der Waals surface area contributed by atoms with Gasteiger partial charge in [0.2, 0.25) is 5.91 Å². The smallest absolute Gasteiger partial charge is 0.316 e. The van der Waals surface area contributed by atoms with Gasteiger partial charge in [-0.1, -0.05) is 31.9 Å². The minimum absolute atomic E-state index is 0.0361. The van der Waals surface area contributed by atoms with Crippen molar-refractivity contribution >= 4 is 35.2 Å². The summed E-state index contributed by atoms with van der Waals surface area (Å²) in [6.07, 6.45) is 4.42.